The lowest BCUT2D eigenvalue weighted by molar-refractivity contribution is -0.0859. The number of ether oxygens (including phenoxy) is 1. The maximum atomic E-state index is 12.5. The molecule has 7 heteroatoms. The van der Waals surface area contributed by atoms with Crippen LogP contribution >= 0.6 is 0 Å². The molecule has 2 rings (SSSR count). The molecule has 2 unspecified atom stereocenters. The minimum atomic E-state index is -0.488. The van der Waals surface area contributed by atoms with Crippen LogP contribution in [0.5, 0.6) is 0 Å². The van der Waals surface area contributed by atoms with E-state index >= 15 is 0 Å². The van der Waals surface area contributed by atoms with Gasteiger partial charge in [-0.25, -0.2) is 5.10 Å². The summed E-state index contributed by atoms with van der Waals surface area (Å²) in [5.74, 6) is -0.345. The van der Waals surface area contributed by atoms with Gasteiger partial charge < -0.3 is 14.7 Å². The summed E-state index contributed by atoms with van der Waals surface area (Å²) in [6.07, 6.45) is -0.586. The van der Waals surface area contributed by atoms with Crippen LogP contribution in [0.25, 0.3) is 0 Å². The summed E-state index contributed by atoms with van der Waals surface area (Å²) >= 11 is 0. The Labute approximate surface area is 116 Å². The Kier molecular flexibility index (Phi) is 4.20. The lowest BCUT2D eigenvalue weighted by Crippen LogP contribution is -2.51. The molecule has 1 aromatic heterocycles. The minimum Gasteiger partial charge on any atom is -0.394 e. The lowest BCUT2D eigenvalue weighted by Gasteiger charge is -2.36. The SMILES string of the molecule is Cc1n[nH]c(=O)c(C(=O)N2CC(C)OC(CO)C2)c1C. The zero-order valence-electron chi connectivity index (χ0n) is 11.8. The van der Waals surface area contributed by atoms with Crippen LogP contribution in [-0.2, 0) is 4.74 Å². The summed E-state index contributed by atoms with van der Waals surface area (Å²) in [6.45, 7) is 5.80. The average Bonchev–Trinajstić information content (AvgIpc) is 2.42. The Bertz CT molecular complexity index is 569. The molecule has 1 aromatic rings. The van der Waals surface area contributed by atoms with Gasteiger partial charge in [-0.1, -0.05) is 0 Å². The molecule has 0 radical (unpaired) electrons. The van der Waals surface area contributed by atoms with E-state index in [1.165, 1.54) is 0 Å². The predicted molar refractivity (Wildman–Crippen MR) is 71.7 cm³/mol. The molecular weight excluding hydrogens is 262 g/mol. The van der Waals surface area contributed by atoms with Crippen molar-refractivity contribution in [3.63, 3.8) is 0 Å². The zero-order valence-corrected chi connectivity index (χ0v) is 11.8. The van der Waals surface area contributed by atoms with E-state index in [1.807, 2.05) is 6.92 Å². The molecule has 2 heterocycles. The number of aliphatic hydroxyl groups excluding tert-OH is 1. The molecular formula is C13H19N3O4. The molecule has 0 aromatic carbocycles. The molecule has 1 amide bonds. The number of aliphatic hydroxyl groups is 1. The first kappa shape index (κ1) is 14.7. The van der Waals surface area contributed by atoms with Gasteiger partial charge in [0.1, 0.15) is 5.56 Å². The van der Waals surface area contributed by atoms with Gasteiger partial charge in [0.15, 0.2) is 0 Å². The smallest absolute Gasteiger partial charge is 0.277 e. The molecule has 2 N–H and O–H groups in total. The second-order valence-electron chi connectivity index (χ2n) is 5.10. The maximum absolute atomic E-state index is 12.5. The number of morpholine rings is 1. The monoisotopic (exact) mass is 281 g/mol. The molecule has 0 saturated carbocycles. The van der Waals surface area contributed by atoms with E-state index in [2.05, 4.69) is 10.2 Å². The van der Waals surface area contributed by atoms with Crippen molar-refractivity contribution in [3.8, 4) is 0 Å². The molecule has 2 atom stereocenters. The highest BCUT2D eigenvalue weighted by molar-refractivity contribution is 5.95. The number of H-pyrrole nitrogens is 1. The Morgan fingerprint density at radius 1 is 1.50 bits per heavy atom. The molecule has 0 spiro atoms. The Morgan fingerprint density at radius 2 is 2.20 bits per heavy atom. The Hall–Kier alpha value is -1.73. The van der Waals surface area contributed by atoms with Crippen LogP contribution in [0.1, 0.15) is 28.5 Å². The molecule has 1 aliphatic heterocycles. The van der Waals surface area contributed by atoms with Crippen molar-refractivity contribution in [1.29, 1.82) is 0 Å². The second kappa shape index (κ2) is 5.72. The van der Waals surface area contributed by atoms with E-state index < -0.39 is 11.7 Å². The van der Waals surface area contributed by atoms with Crippen LogP contribution in [0.2, 0.25) is 0 Å². The number of aryl methyl sites for hydroxylation is 1. The first-order chi connectivity index (χ1) is 9.43. The van der Waals surface area contributed by atoms with Crippen LogP contribution in [-0.4, -0.2) is 58.0 Å². The summed E-state index contributed by atoms with van der Waals surface area (Å²) in [6, 6.07) is 0. The summed E-state index contributed by atoms with van der Waals surface area (Å²) in [7, 11) is 0. The van der Waals surface area contributed by atoms with Gasteiger partial charge in [-0.3, -0.25) is 9.59 Å². The number of nitrogens with one attached hydrogen (secondary N) is 1. The molecule has 1 aliphatic rings. The van der Waals surface area contributed by atoms with Crippen LogP contribution < -0.4 is 5.56 Å². The molecule has 110 valence electrons. The Balaban J connectivity index is 2.32. The van der Waals surface area contributed by atoms with Crippen molar-refractivity contribution in [2.24, 2.45) is 0 Å². The quantitative estimate of drug-likeness (QED) is 0.769. The molecule has 1 saturated heterocycles. The summed E-state index contributed by atoms with van der Waals surface area (Å²) in [5.41, 5.74) is 0.826. The number of aromatic amines is 1. The highest BCUT2D eigenvalue weighted by atomic mass is 16.5. The summed E-state index contributed by atoms with van der Waals surface area (Å²) in [5, 5.41) is 15.4. The molecule has 0 aliphatic carbocycles. The van der Waals surface area contributed by atoms with Crippen molar-refractivity contribution in [2.45, 2.75) is 33.0 Å². The molecule has 0 bridgehead atoms. The lowest BCUT2D eigenvalue weighted by atomic mass is 10.1. The molecule has 1 fully saturated rings. The van der Waals surface area contributed by atoms with E-state index in [0.717, 1.165) is 0 Å². The first-order valence-electron chi connectivity index (χ1n) is 6.55. The van der Waals surface area contributed by atoms with Gasteiger partial charge >= 0.3 is 0 Å². The van der Waals surface area contributed by atoms with Crippen molar-refractivity contribution < 1.29 is 14.6 Å². The van der Waals surface area contributed by atoms with Crippen LogP contribution in [0.15, 0.2) is 4.79 Å². The number of hydrogen-bond acceptors (Lipinski definition) is 5. The van der Waals surface area contributed by atoms with E-state index in [0.29, 0.717) is 17.8 Å². The third-order valence-corrected chi connectivity index (χ3v) is 3.50. The maximum Gasteiger partial charge on any atom is 0.277 e. The number of aromatic nitrogens is 2. The summed E-state index contributed by atoms with van der Waals surface area (Å²) < 4.78 is 5.49. The van der Waals surface area contributed by atoms with Gasteiger partial charge in [0.2, 0.25) is 0 Å². The fraction of sp³-hybridized carbons (Fsp3) is 0.615. The predicted octanol–water partition coefficient (Wildman–Crippen LogP) is -0.391. The Morgan fingerprint density at radius 3 is 2.85 bits per heavy atom. The van der Waals surface area contributed by atoms with E-state index in [1.54, 1.807) is 18.7 Å². The topological polar surface area (TPSA) is 95.5 Å². The fourth-order valence-electron chi connectivity index (χ4n) is 2.35. The van der Waals surface area contributed by atoms with Crippen LogP contribution in [0, 0.1) is 13.8 Å². The van der Waals surface area contributed by atoms with Crippen molar-refractivity contribution >= 4 is 5.91 Å². The number of nitrogens with zero attached hydrogens (tertiary/aromatic N) is 2. The van der Waals surface area contributed by atoms with Crippen molar-refractivity contribution in [2.75, 3.05) is 19.7 Å². The van der Waals surface area contributed by atoms with Gasteiger partial charge in [-0.05, 0) is 26.3 Å². The zero-order chi connectivity index (χ0) is 14.9. The third-order valence-electron chi connectivity index (χ3n) is 3.50. The number of carbonyl (C=O) groups excluding carboxylic acids is 1. The first-order valence-corrected chi connectivity index (χ1v) is 6.55. The molecule has 7 nitrogen and oxygen atoms in total. The van der Waals surface area contributed by atoms with E-state index in [4.69, 9.17) is 4.74 Å². The molecule has 20 heavy (non-hydrogen) atoms. The van der Waals surface area contributed by atoms with Gasteiger partial charge in [-0.15, -0.1) is 0 Å². The minimum absolute atomic E-state index is 0.114. The number of hydrogen-bond donors (Lipinski definition) is 2. The fourth-order valence-corrected chi connectivity index (χ4v) is 2.35. The van der Waals surface area contributed by atoms with Crippen molar-refractivity contribution in [3.05, 3.63) is 27.2 Å². The summed E-state index contributed by atoms with van der Waals surface area (Å²) in [4.78, 5) is 26.0. The number of amides is 1. The third kappa shape index (κ3) is 2.73. The largest absolute Gasteiger partial charge is 0.394 e. The number of carbonyl (C=O) groups is 1. The normalized spacial score (nSPS) is 22.9. The standard InChI is InChI=1S/C13H19N3O4/c1-7-4-16(5-10(6-17)20-7)13(19)11-8(2)9(3)14-15-12(11)18/h7,10,17H,4-6H2,1-3H3,(H,15,18). The van der Waals surface area contributed by atoms with E-state index in [-0.39, 0.29) is 30.7 Å². The number of rotatable bonds is 2. The second-order valence-corrected chi connectivity index (χ2v) is 5.10. The highest BCUT2D eigenvalue weighted by Gasteiger charge is 2.30. The van der Waals surface area contributed by atoms with Crippen molar-refractivity contribution in [1.82, 2.24) is 15.1 Å². The average molecular weight is 281 g/mol. The van der Waals surface area contributed by atoms with E-state index in [9.17, 15) is 14.7 Å². The highest BCUT2D eigenvalue weighted by Crippen LogP contribution is 2.15. The van der Waals surface area contributed by atoms with Crippen LogP contribution in [0.4, 0.5) is 0 Å². The van der Waals surface area contributed by atoms with Crippen LogP contribution in [0.3, 0.4) is 0 Å². The van der Waals surface area contributed by atoms with Gasteiger partial charge in [0.05, 0.1) is 24.5 Å². The van der Waals surface area contributed by atoms with Gasteiger partial charge in [0.25, 0.3) is 11.5 Å². The van der Waals surface area contributed by atoms with Gasteiger partial charge in [-0.2, -0.15) is 5.10 Å². The van der Waals surface area contributed by atoms with Gasteiger partial charge in [0, 0.05) is 13.1 Å².